The normalized spacial score (nSPS) is 30.6. The third-order valence-corrected chi connectivity index (χ3v) is 7.50. The summed E-state index contributed by atoms with van der Waals surface area (Å²) in [5, 5.41) is 13.5. The van der Waals surface area contributed by atoms with Crippen LogP contribution in [0.1, 0.15) is 69.9 Å². The first-order chi connectivity index (χ1) is 13.3. The van der Waals surface area contributed by atoms with Gasteiger partial charge in [-0.05, 0) is 60.6 Å². The molecule has 0 spiro atoms. The van der Waals surface area contributed by atoms with Gasteiger partial charge in [-0.1, -0.05) is 32.9 Å². The summed E-state index contributed by atoms with van der Waals surface area (Å²) in [7, 11) is 0. The number of nitrogens with one attached hydrogen (secondary N) is 1. The molecule has 1 heterocycles. The molecule has 1 aromatic rings. The summed E-state index contributed by atoms with van der Waals surface area (Å²) in [6.07, 6.45) is 4.63. The summed E-state index contributed by atoms with van der Waals surface area (Å²) >= 11 is 0. The number of benzene rings is 1. The van der Waals surface area contributed by atoms with E-state index in [9.17, 15) is 14.7 Å². The van der Waals surface area contributed by atoms with Gasteiger partial charge in [-0.15, -0.1) is 0 Å². The second-order valence-electron chi connectivity index (χ2n) is 9.39. The highest BCUT2D eigenvalue weighted by molar-refractivity contribution is 5.81. The van der Waals surface area contributed by atoms with E-state index in [1.807, 2.05) is 13.0 Å². The third kappa shape index (κ3) is 3.09. The van der Waals surface area contributed by atoms with Crippen LogP contribution in [-0.2, 0) is 16.0 Å². The molecule has 0 aromatic heterocycles. The van der Waals surface area contributed by atoms with E-state index >= 15 is 0 Å². The maximum Gasteiger partial charge on any atom is 0.226 e. The maximum atomic E-state index is 13.4. The highest BCUT2D eigenvalue weighted by Gasteiger charge is 2.51. The Morgan fingerprint density at radius 1 is 1.25 bits per heavy atom. The molecule has 2 N–H and O–H groups in total. The van der Waals surface area contributed by atoms with E-state index in [0.717, 1.165) is 44.2 Å². The zero-order chi connectivity index (χ0) is 20.1. The van der Waals surface area contributed by atoms with E-state index < -0.39 is 0 Å². The average molecular weight is 385 g/mol. The number of fused-ring (bicyclic) bond motifs is 4. The van der Waals surface area contributed by atoms with Gasteiger partial charge < -0.3 is 15.3 Å². The Balaban J connectivity index is 1.53. The van der Waals surface area contributed by atoms with Crippen molar-refractivity contribution in [1.82, 2.24) is 10.2 Å². The topological polar surface area (TPSA) is 69.6 Å². The molecule has 2 unspecified atom stereocenters. The number of rotatable bonds is 3. The average Bonchev–Trinajstić information content (AvgIpc) is 3.10. The second-order valence-corrected chi connectivity index (χ2v) is 9.39. The minimum absolute atomic E-state index is 0.000253. The number of piperidine rings is 1. The van der Waals surface area contributed by atoms with E-state index in [2.05, 4.69) is 30.1 Å². The van der Waals surface area contributed by atoms with Crippen LogP contribution in [0.4, 0.5) is 0 Å². The summed E-state index contributed by atoms with van der Waals surface area (Å²) in [6, 6.07) is 6.09. The number of amides is 2. The quantitative estimate of drug-likeness (QED) is 0.840. The van der Waals surface area contributed by atoms with Crippen molar-refractivity contribution in [3.63, 3.8) is 0 Å². The fraction of sp³-hybridized carbons (Fsp3) is 0.652. The van der Waals surface area contributed by atoms with Crippen molar-refractivity contribution in [2.75, 3.05) is 6.54 Å². The minimum Gasteiger partial charge on any atom is -0.508 e. The predicted molar refractivity (Wildman–Crippen MR) is 108 cm³/mol. The lowest BCUT2D eigenvalue weighted by Crippen LogP contribution is -2.59. The van der Waals surface area contributed by atoms with E-state index in [0.29, 0.717) is 18.1 Å². The maximum absolute atomic E-state index is 13.4. The second kappa shape index (κ2) is 7.09. The predicted octanol–water partition coefficient (Wildman–Crippen LogP) is 3.35. The number of likely N-dealkylation sites (tertiary alicyclic amines) is 1. The van der Waals surface area contributed by atoms with Crippen molar-refractivity contribution in [3.8, 4) is 5.75 Å². The molecule has 28 heavy (non-hydrogen) atoms. The van der Waals surface area contributed by atoms with Gasteiger partial charge in [-0.25, -0.2) is 0 Å². The smallest absolute Gasteiger partial charge is 0.226 e. The van der Waals surface area contributed by atoms with Crippen LogP contribution in [0.2, 0.25) is 0 Å². The van der Waals surface area contributed by atoms with Crippen molar-refractivity contribution in [2.45, 2.75) is 77.3 Å². The number of hydrogen-bond donors (Lipinski definition) is 2. The summed E-state index contributed by atoms with van der Waals surface area (Å²) in [4.78, 5) is 27.2. The molecular formula is C23H32N2O3. The van der Waals surface area contributed by atoms with Crippen LogP contribution >= 0.6 is 0 Å². The van der Waals surface area contributed by atoms with Crippen LogP contribution in [0.5, 0.6) is 5.75 Å². The molecule has 1 saturated heterocycles. The Labute approximate surface area is 167 Å². The molecule has 3 aliphatic rings. The van der Waals surface area contributed by atoms with Crippen molar-refractivity contribution in [3.05, 3.63) is 29.3 Å². The molecule has 2 bridgehead atoms. The summed E-state index contributed by atoms with van der Waals surface area (Å²) in [5.41, 5.74) is 2.27. The van der Waals surface area contributed by atoms with Gasteiger partial charge in [-0.3, -0.25) is 9.59 Å². The van der Waals surface area contributed by atoms with Crippen LogP contribution in [-0.4, -0.2) is 40.4 Å². The van der Waals surface area contributed by atoms with Crippen LogP contribution in [0, 0.1) is 11.3 Å². The van der Waals surface area contributed by atoms with Gasteiger partial charge in [0.15, 0.2) is 0 Å². The number of hydrogen-bond acceptors (Lipinski definition) is 3. The van der Waals surface area contributed by atoms with E-state index in [1.165, 1.54) is 5.56 Å². The molecule has 5 heteroatoms. The molecule has 4 rings (SSSR count). The number of phenolic OH excluding ortho intramolecular Hbond substituents is 1. The Morgan fingerprint density at radius 2 is 2.04 bits per heavy atom. The van der Waals surface area contributed by atoms with Crippen molar-refractivity contribution >= 4 is 11.8 Å². The summed E-state index contributed by atoms with van der Waals surface area (Å²) in [5.74, 6) is 1.04. The van der Waals surface area contributed by atoms with Gasteiger partial charge in [-0.2, -0.15) is 0 Å². The fourth-order valence-corrected chi connectivity index (χ4v) is 5.86. The molecule has 152 valence electrons. The van der Waals surface area contributed by atoms with E-state index in [4.69, 9.17) is 0 Å². The zero-order valence-corrected chi connectivity index (χ0v) is 17.2. The summed E-state index contributed by atoms with van der Waals surface area (Å²) < 4.78 is 0. The molecule has 1 saturated carbocycles. The highest BCUT2D eigenvalue weighted by atomic mass is 16.3. The molecule has 1 aliphatic heterocycles. The molecule has 2 fully saturated rings. The van der Waals surface area contributed by atoms with Crippen molar-refractivity contribution < 1.29 is 14.7 Å². The molecule has 0 radical (unpaired) electrons. The lowest BCUT2D eigenvalue weighted by molar-refractivity contribution is -0.144. The lowest BCUT2D eigenvalue weighted by Gasteiger charge is -2.55. The number of carbonyl (C=O) groups excluding carboxylic acids is 2. The zero-order valence-electron chi connectivity index (χ0n) is 17.2. The van der Waals surface area contributed by atoms with Crippen molar-refractivity contribution in [1.29, 1.82) is 0 Å². The van der Waals surface area contributed by atoms with Crippen LogP contribution in [0.3, 0.4) is 0 Å². The Hall–Kier alpha value is -2.04. The van der Waals surface area contributed by atoms with E-state index in [1.54, 1.807) is 6.07 Å². The van der Waals surface area contributed by atoms with Gasteiger partial charge in [0.1, 0.15) is 5.75 Å². The van der Waals surface area contributed by atoms with Crippen LogP contribution < -0.4 is 5.32 Å². The van der Waals surface area contributed by atoms with Gasteiger partial charge >= 0.3 is 0 Å². The van der Waals surface area contributed by atoms with Gasteiger partial charge in [0, 0.05) is 31.0 Å². The van der Waals surface area contributed by atoms with Gasteiger partial charge in [0.25, 0.3) is 0 Å². The van der Waals surface area contributed by atoms with Crippen LogP contribution in [0.25, 0.3) is 0 Å². The highest BCUT2D eigenvalue weighted by Crippen LogP contribution is 2.53. The minimum atomic E-state index is -0.0108. The standard InChI is InChI=1S/C23H32N2O3/c1-4-21(27)24-15-9-8-14(12-15)22(28)25-11-10-18-16-6-5-7-19(26)17(16)13-20(25)23(18,2)3/h5-7,14-15,18,20,26H,4,8-13H2,1-3H3,(H,24,27)/t14?,15-,18+,20?/m1/s1. The van der Waals surface area contributed by atoms with Gasteiger partial charge in [0.05, 0.1) is 0 Å². The van der Waals surface area contributed by atoms with E-state index in [-0.39, 0.29) is 35.2 Å². The fourth-order valence-electron chi connectivity index (χ4n) is 5.86. The molecular weight excluding hydrogens is 352 g/mol. The molecule has 1 aromatic carbocycles. The Kier molecular flexibility index (Phi) is 4.88. The number of aromatic hydroxyl groups is 1. The molecule has 4 atom stereocenters. The first-order valence-corrected chi connectivity index (χ1v) is 10.7. The third-order valence-electron chi connectivity index (χ3n) is 7.50. The SMILES string of the molecule is CCC(=O)N[C@@H]1CCC(C(=O)N2CC[C@H]3c4cccc(O)c4CC2C3(C)C)C1. The molecule has 2 aliphatic carbocycles. The molecule has 2 amide bonds. The largest absolute Gasteiger partial charge is 0.508 e. The lowest BCUT2D eigenvalue weighted by atomic mass is 9.59. The number of carbonyl (C=O) groups is 2. The first kappa shape index (κ1) is 19.3. The number of phenols is 1. The first-order valence-electron chi connectivity index (χ1n) is 10.7. The van der Waals surface area contributed by atoms with Crippen LogP contribution in [0.15, 0.2) is 18.2 Å². The Bertz CT molecular complexity index is 788. The summed E-state index contributed by atoms with van der Waals surface area (Å²) in [6.45, 7) is 7.19. The van der Waals surface area contributed by atoms with Crippen molar-refractivity contribution in [2.24, 2.45) is 11.3 Å². The molecule has 5 nitrogen and oxygen atoms in total. The number of nitrogens with zero attached hydrogens (tertiary/aromatic N) is 1. The van der Waals surface area contributed by atoms with Gasteiger partial charge in [0.2, 0.25) is 11.8 Å². The monoisotopic (exact) mass is 384 g/mol. The Morgan fingerprint density at radius 3 is 2.79 bits per heavy atom.